The summed E-state index contributed by atoms with van der Waals surface area (Å²) in [4.78, 5) is 14.9. The highest BCUT2D eigenvalue weighted by atomic mass is 35.5. The van der Waals surface area contributed by atoms with Gasteiger partial charge in [0.05, 0.1) is 35.8 Å². The molecule has 2 heterocycles. The zero-order valence-electron chi connectivity index (χ0n) is 15.6. The zero-order valence-corrected chi connectivity index (χ0v) is 16.4. The van der Waals surface area contributed by atoms with Gasteiger partial charge in [-0.3, -0.25) is 14.4 Å². The fourth-order valence-corrected chi connectivity index (χ4v) is 3.37. The maximum absolute atomic E-state index is 12.8. The van der Waals surface area contributed by atoms with Crippen LogP contribution < -0.4 is 5.32 Å². The van der Waals surface area contributed by atoms with Crippen LogP contribution in [0.3, 0.4) is 0 Å². The van der Waals surface area contributed by atoms with E-state index in [1.807, 2.05) is 52.1 Å². The van der Waals surface area contributed by atoms with Crippen molar-refractivity contribution in [3.05, 3.63) is 46.2 Å². The number of halogens is 1. The number of aryl methyl sites for hydroxylation is 2. The number of hydrogen-bond donors (Lipinski definition) is 1. The van der Waals surface area contributed by atoms with Gasteiger partial charge in [-0.2, -0.15) is 5.10 Å². The van der Waals surface area contributed by atoms with E-state index in [1.165, 1.54) is 0 Å². The SMILES string of the molecule is Cc1nn(C)c(C)c1NC(=O)C(C)N1CCOC(c2ccc(Cl)cc2)C1. The molecule has 6 nitrogen and oxygen atoms in total. The maximum Gasteiger partial charge on any atom is 0.241 e. The Morgan fingerprint density at radius 2 is 2.04 bits per heavy atom. The summed E-state index contributed by atoms with van der Waals surface area (Å²) >= 11 is 5.96. The first kappa shape index (κ1) is 18.9. The number of anilines is 1. The second-order valence-electron chi connectivity index (χ2n) is 6.74. The highest BCUT2D eigenvalue weighted by molar-refractivity contribution is 6.30. The van der Waals surface area contributed by atoms with Crippen LogP contribution >= 0.6 is 11.6 Å². The van der Waals surface area contributed by atoms with E-state index in [9.17, 15) is 4.79 Å². The van der Waals surface area contributed by atoms with Crippen LogP contribution in [-0.4, -0.2) is 46.3 Å². The van der Waals surface area contributed by atoms with Crippen molar-refractivity contribution in [3.63, 3.8) is 0 Å². The van der Waals surface area contributed by atoms with Gasteiger partial charge in [0, 0.05) is 25.2 Å². The highest BCUT2D eigenvalue weighted by Gasteiger charge is 2.29. The molecule has 1 aliphatic rings. The van der Waals surface area contributed by atoms with E-state index < -0.39 is 0 Å². The fourth-order valence-electron chi connectivity index (χ4n) is 3.25. The van der Waals surface area contributed by atoms with Crippen LogP contribution in [0.15, 0.2) is 24.3 Å². The minimum Gasteiger partial charge on any atom is -0.371 e. The lowest BCUT2D eigenvalue weighted by atomic mass is 10.1. The lowest BCUT2D eigenvalue weighted by Crippen LogP contribution is -2.48. The molecule has 0 bridgehead atoms. The summed E-state index contributed by atoms with van der Waals surface area (Å²) in [6.07, 6.45) is -0.0573. The van der Waals surface area contributed by atoms with Gasteiger partial charge in [0.15, 0.2) is 0 Å². The smallest absolute Gasteiger partial charge is 0.241 e. The van der Waals surface area contributed by atoms with Crippen molar-refractivity contribution in [2.75, 3.05) is 25.0 Å². The number of nitrogens with zero attached hydrogens (tertiary/aromatic N) is 3. The molecule has 1 fully saturated rings. The molecule has 2 aromatic rings. The van der Waals surface area contributed by atoms with Crippen LogP contribution in [0.2, 0.25) is 5.02 Å². The summed E-state index contributed by atoms with van der Waals surface area (Å²) in [5.41, 5.74) is 3.65. The maximum atomic E-state index is 12.8. The number of morpholine rings is 1. The first-order valence-electron chi connectivity index (χ1n) is 8.79. The normalized spacial score (nSPS) is 19.3. The predicted octanol–water partition coefficient (Wildman–Crippen LogP) is 3.09. The number of ether oxygens (including phenoxy) is 1. The van der Waals surface area contributed by atoms with Crippen LogP contribution in [0.4, 0.5) is 5.69 Å². The summed E-state index contributed by atoms with van der Waals surface area (Å²) in [6.45, 7) is 7.77. The standard InChI is InChI=1S/C19H25ClN4O2/c1-12-18(13(2)23(4)22-12)21-19(25)14(3)24-9-10-26-17(11-24)15-5-7-16(20)8-6-15/h5-8,14,17H,9-11H2,1-4H3,(H,21,25). The second-order valence-corrected chi connectivity index (χ2v) is 7.18. The molecule has 1 N–H and O–H groups in total. The molecule has 26 heavy (non-hydrogen) atoms. The summed E-state index contributed by atoms with van der Waals surface area (Å²) < 4.78 is 7.67. The third-order valence-electron chi connectivity index (χ3n) is 5.02. The van der Waals surface area contributed by atoms with Crippen LogP contribution in [0.5, 0.6) is 0 Å². The molecule has 7 heteroatoms. The number of benzene rings is 1. The predicted molar refractivity (Wildman–Crippen MR) is 102 cm³/mol. The summed E-state index contributed by atoms with van der Waals surface area (Å²) in [5.74, 6) is -0.0269. The van der Waals surface area contributed by atoms with E-state index in [0.29, 0.717) is 18.2 Å². The molecule has 0 aliphatic carbocycles. The average Bonchev–Trinajstić information content (AvgIpc) is 2.88. The number of aromatic nitrogens is 2. The highest BCUT2D eigenvalue weighted by Crippen LogP contribution is 2.25. The number of amides is 1. The molecule has 0 saturated carbocycles. The molecular weight excluding hydrogens is 352 g/mol. The van der Waals surface area contributed by atoms with Crippen LogP contribution in [-0.2, 0) is 16.6 Å². The zero-order chi connectivity index (χ0) is 18.8. The molecule has 1 aromatic heterocycles. The summed E-state index contributed by atoms with van der Waals surface area (Å²) in [5, 5.41) is 8.09. The van der Waals surface area contributed by atoms with E-state index >= 15 is 0 Å². The van der Waals surface area contributed by atoms with Gasteiger partial charge in [0.1, 0.15) is 0 Å². The van der Waals surface area contributed by atoms with Gasteiger partial charge in [0.2, 0.25) is 5.91 Å². The molecule has 1 saturated heterocycles. The molecule has 140 valence electrons. The molecule has 0 spiro atoms. The Balaban J connectivity index is 1.67. The Bertz CT molecular complexity index is 788. The molecule has 0 radical (unpaired) electrons. The van der Waals surface area contributed by atoms with Crippen molar-refractivity contribution in [1.29, 1.82) is 0 Å². The Kier molecular flexibility index (Phi) is 5.65. The molecule has 1 aromatic carbocycles. The Labute approximate surface area is 159 Å². The third-order valence-corrected chi connectivity index (χ3v) is 5.28. The number of carbonyl (C=O) groups excluding carboxylic acids is 1. The number of hydrogen-bond acceptors (Lipinski definition) is 4. The van der Waals surface area contributed by atoms with Crippen molar-refractivity contribution < 1.29 is 9.53 Å². The van der Waals surface area contributed by atoms with Gasteiger partial charge in [-0.15, -0.1) is 0 Å². The average molecular weight is 377 g/mol. The van der Waals surface area contributed by atoms with E-state index in [0.717, 1.165) is 29.2 Å². The topological polar surface area (TPSA) is 59.4 Å². The quantitative estimate of drug-likeness (QED) is 0.890. The van der Waals surface area contributed by atoms with Crippen molar-refractivity contribution in [2.45, 2.75) is 32.9 Å². The second kappa shape index (κ2) is 7.78. The number of carbonyl (C=O) groups is 1. The van der Waals surface area contributed by atoms with Gasteiger partial charge >= 0.3 is 0 Å². The van der Waals surface area contributed by atoms with Gasteiger partial charge in [-0.25, -0.2) is 0 Å². The van der Waals surface area contributed by atoms with Crippen LogP contribution in [0, 0.1) is 13.8 Å². The van der Waals surface area contributed by atoms with Gasteiger partial charge < -0.3 is 10.1 Å². The van der Waals surface area contributed by atoms with Crippen molar-refractivity contribution in [2.24, 2.45) is 7.05 Å². The molecular formula is C19H25ClN4O2. The van der Waals surface area contributed by atoms with E-state index in [2.05, 4.69) is 15.3 Å². The summed E-state index contributed by atoms with van der Waals surface area (Å²) in [6, 6.07) is 7.42. The molecule has 1 amide bonds. The lowest BCUT2D eigenvalue weighted by Gasteiger charge is -2.36. The fraction of sp³-hybridized carbons (Fsp3) is 0.474. The molecule has 2 unspecified atom stereocenters. The Hall–Kier alpha value is -1.89. The number of nitrogens with one attached hydrogen (secondary N) is 1. The monoisotopic (exact) mass is 376 g/mol. The van der Waals surface area contributed by atoms with Gasteiger partial charge in [-0.05, 0) is 38.5 Å². The summed E-state index contributed by atoms with van der Waals surface area (Å²) in [7, 11) is 1.88. The van der Waals surface area contributed by atoms with Crippen molar-refractivity contribution in [1.82, 2.24) is 14.7 Å². The first-order valence-corrected chi connectivity index (χ1v) is 9.16. The lowest BCUT2D eigenvalue weighted by molar-refractivity contribution is -0.124. The van der Waals surface area contributed by atoms with Crippen LogP contribution in [0.1, 0.15) is 30.0 Å². The molecule has 2 atom stereocenters. The molecule has 3 rings (SSSR count). The van der Waals surface area contributed by atoms with Crippen LogP contribution in [0.25, 0.3) is 0 Å². The van der Waals surface area contributed by atoms with Gasteiger partial charge in [0.25, 0.3) is 0 Å². The largest absolute Gasteiger partial charge is 0.371 e. The van der Waals surface area contributed by atoms with Gasteiger partial charge in [-0.1, -0.05) is 23.7 Å². The molecule has 1 aliphatic heterocycles. The first-order chi connectivity index (χ1) is 12.4. The van der Waals surface area contributed by atoms with Crippen molar-refractivity contribution >= 4 is 23.2 Å². The van der Waals surface area contributed by atoms with Crippen molar-refractivity contribution in [3.8, 4) is 0 Å². The third kappa shape index (κ3) is 3.92. The van der Waals surface area contributed by atoms with E-state index in [-0.39, 0.29) is 18.1 Å². The van der Waals surface area contributed by atoms with E-state index in [4.69, 9.17) is 16.3 Å². The minimum atomic E-state index is -0.257. The minimum absolute atomic E-state index is 0.0269. The van der Waals surface area contributed by atoms with E-state index in [1.54, 1.807) is 4.68 Å². The Morgan fingerprint density at radius 3 is 2.65 bits per heavy atom. The Morgan fingerprint density at radius 1 is 1.35 bits per heavy atom. The number of rotatable bonds is 4.